The lowest BCUT2D eigenvalue weighted by atomic mass is 10.0. The lowest BCUT2D eigenvalue weighted by molar-refractivity contribution is 0.0985. The number of ketones is 1. The van der Waals surface area contributed by atoms with Crippen LogP contribution in [-0.4, -0.2) is 5.78 Å². The summed E-state index contributed by atoms with van der Waals surface area (Å²) in [7, 11) is 0. The Morgan fingerprint density at radius 3 is 2.14 bits per heavy atom. The van der Waals surface area contributed by atoms with E-state index in [4.69, 9.17) is 0 Å². The summed E-state index contributed by atoms with van der Waals surface area (Å²) in [6, 6.07) is 3.33. The molecule has 0 amide bonds. The summed E-state index contributed by atoms with van der Waals surface area (Å²) < 4.78 is 66.5. The van der Waals surface area contributed by atoms with Gasteiger partial charge < -0.3 is 0 Å². The van der Waals surface area contributed by atoms with Gasteiger partial charge in [0.2, 0.25) is 0 Å². The Balaban J connectivity index is 2.40. The molecule has 0 unspecified atom stereocenters. The molecule has 110 valence electrons. The van der Waals surface area contributed by atoms with Crippen LogP contribution in [0.15, 0.2) is 28.7 Å². The fourth-order valence-corrected chi connectivity index (χ4v) is 2.10. The zero-order valence-electron chi connectivity index (χ0n) is 10.2. The van der Waals surface area contributed by atoms with E-state index in [9.17, 15) is 26.7 Å². The minimum Gasteiger partial charge on any atom is -0.294 e. The molecule has 2 rings (SSSR count). The molecule has 0 spiro atoms. The zero-order valence-corrected chi connectivity index (χ0v) is 11.8. The Morgan fingerprint density at radius 2 is 1.48 bits per heavy atom. The molecular weight excluding hydrogens is 359 g/mol. The minimum atomic E-state index is -1.81. The average Bonchev–Trinajstić information content (AvgIpc) is 2.45. The summed E-state index contributed by atoms with van der Waals surface area (Å²) in [6.07, 6.45) is -0.820. The molecule has 0 saturated carbocycles. The summed E-state index contributed by atoms with van der Waals surface area (Å²) in [5, 5.41) is 0. The van der Waals surface area contributed by atoms with Crippen LogP contribution >= 0.6 is 15.9 Å². The smallest absolute Gasteiger partial charge is 0.195 e. The van der Waals surface area contributed by atoms with Gasteiger partial charge in [0.1, 0.15) is 11.6 Å². The van der Waals surface area contributed by atoms with Crippen molar-refractivity contribution in [2.45, 2.75) is 6.42 Å². The van der Waals surface area contributed by atoms with Gasteiger partial charge in [-0.1, -0.05) is 0 Å². The van der Waals surface area contributed by atoms with Crippen molar-refractivity contribution in [3.8, 4) is 0 Å². The van der Waals surface area contributed by atoms with Crippen molar-refractivity contribution < 1.29 is 26.7 Å². The third-order valence-electron chi connectivity index (χ3n) is 2.81. The number of carbonyl (C=O) groups excluding carboxylic acids is 1. The Hall–Kier alpha value is -1.76. The molecule has 2 aromatic carbocycles. The van der Waals surface area contributed by atoms with Crippen LogP contribution in [-0.2, 0) is 6.42 Å². The van der Waals surface area contributed by atoms with Gasteiger partial charge >= 0.3 is 0 Å². The fraction of sp³-hybridized carbons (Fsp3) is 0.0714. The second kappa shape index (κ2) is 5.93. The van der Waals surface area contributed by atoms with Gasteiger partial charge in [0.15, 0.2) is 23.2 Å². The first-order valence-corrected chi connectivity index (χ1v) is 6.41. The van der Waals surface area contributed by atoms with Crippen LogP contribution < -0.4 is 0 Å². The fourth-order valence-electron chi connectivity index (χ4n) is 1.73. The summed E-state index contributed by atoms with van der Waals surface area (Å²) in [5.74, 6) is -8.02. The monoisotopic (exact) mass is 364 g/mol. The van der Waals surface area contributed by atoms with Crippen LogP contribution in [0.4, 0.5) is 22.0 Å². The third kappa shape index (κ3) is 2.97. The van der Waals surface area contributed by atoms with Crippen LogP contribution in [0.3, 0.4) is 0 Å². The molecule has 0 aliphatic rings. The van der Waals surface area contributed by atoms with Gasteiger partial charge in [0, 0.05) is 12.0 Å². The molecule has 0 heterocycles. The molecule has 0 aliphatic heterocycles. The lowest BCUT2D eigenvalue weighted by Gasteiger charge is -2.07. The van der Waals surface area contributed by atoms with Crippen LogP contribution in [0, 0.1) is 29.1 Å². The summed E-state index contributed by atoms with van der Waals surface area (Å²) >= 11 is 2.83. The maximum absolute atomic E-state index is 13.7. The van der Waals surface area contributed by atoms with E-state index in [2.05, 4.69) is 15.9 Å². The number of rotatable bonds is 3. The SMILES string of the molecule is O=C(Cc1c(F)ccc(Br)c1F)c1ccc(F)c(F)c1F. The van der Waals surface area contributed by atoms with Crippen LogP contribution in [0.5, 0.6) is 0 Å². The van der Waals surface area contributed by atoms with Gasteiger partial charge in [-0.05, 0) is 40.2 Å². The third-order valence-corrected chi connectivity index (χ3v) is 3.42. The zero-order chi connectivity index (χ0) is 15.7. The number of hydrogen-bond donors (Lipinski definition) is 0. The van der Waals surface area contributed by atoms with Crippen molar-refractivity contribution in [2.24, 2.45) is 0 Å². The van der Waals surface area contributed by atoms with E-state index >= 15 is 0 Å². The van der Waals surface area contributed by atoms with Gasteiger partial charge in [-0.3, -0.25) is 4.79 Å². The summed E-state index contributed by atoms with van der Waals surface area (Å²) in [6.45, 7) is 0. The molecular formula is C14H6BrF5O. The quantitative estimate of drug-likeness (QED) is 0.337. The van der Waals surface area contributed by atoms with Gasteiger partial charge in [0.25, 0.3) is 0 Å². The number of Topliss-reactive ketones (excluding diaryl/α,β-unsaturated/α-hetero) is 1. The summed E-state index contributed by atoms with van der Waals surface area (Å²) in [4.78, 5) is 11.8. The number of benzene rings is 2. The second-order valence-corrected chi connectivity index (χ2v) is 5.00. The van der Waals surface area contributed by atoms with Crippen molar-refractivity contribution in [1.82, 2.24) is 0 Å². The standard InChI is InChI=1S/C14H6BrF5O/c15-8-2-4-9(16)7(12(8)18)5-11(21)6-1-3-10(17)14(20)13(6)19/h1-4H,5H2. The van der Waals surface area contributed by atoms with Crippen molar-refractivity contribution >= 4 is 21.7 Å². The molecule has 0 radical (unpaired) electrons. The largest absolute Gasteiger partial charge is 0.294 e. The second-order valence-electron chi connectivity index (χ2n) is 4.14. The van der Waals surface area contributed by atoms with Crippen molar-refractivity contribution in [2.75, 3.05) is 0 Å². The van der Waals surface area contributed by atoms with Crippen molar-refractivity contribution in [3.63, 3.8) is 0 Å². The minimum absolute atomic E-state index is 0.0718. The normalized spacial score (nSPS) is 10.8. The molecule has 0 bridgehead atoms. The predicted octanol–water partition coefficient (Wildman–Crippen LogP) is 4.57. The molecule has 2 aromatic rings. The molecule has 0 atom stereocenters. The van der Waals surface area contributed by atoms with Crippen molar-refractivity contribution in [1.29, 1.82) is 0 Å². The number of hydrogen-bond acceptors (Lipinski definition) is 1. The van der Waals surface area contributed by atoms with Gasteiger partial charge in [-0.15, -0.1) is 0 Å². The first-order valence-electron chi connectivity index (χ1n) is 5.62. The van der Waals surface area contributed by atoms with Crippen LogP contribution in [0.1, 0.15) is 15.9 Å². The average molecular weight is 365 g/mol. The van der Waals surface area contributed by atoms with Crippen molar-refractivity contribution in [3.05, 3.63) is 69.0 Å². The highest BCUT2D eigenvalue weighted by atomic mass is 79.9. The first kappa shape index (κ1) is 15.6. The van der Waals surface area contributed by atoms with Crippen LogP contribution in [0.2, 0.25) is 0 Å². The highest BCUT2D eigenvalue weighted by molar-refractivity contribution is 9.10. The van der Waals surface area contributed by atoms with E-state index in [1.807, 2.05) is 0 Å². The van der Waals surface area contributed by atoms with Crippen LogP contribution in [0.25, 0.3) is 0 Å². The van der Waals surface area contributed by atoms with E-state index in [1.54, 1.807) is 0 Å². The molecule has 1 nitrogen and oxygen atoms in total. The Labute approximate surface area is 124 Å². The Bertz CT molecular complexity index is 730. The molecule has 0 saturated heterocycles. The van der Waals surface area contributed by atoms with E-state index in [-0.39, 0.29) is 4.47 Å². The molecule has 0 aliphatic carbocycles. The maximum Gasteiger partial charge on any atom is 0.195 e. The van der Waals surface area contributed by atoms with Gasteiger partial charge in [-0.25, -0.2) is 22.0 Å². The number of halogens is 6. The van der Waals surface area contributed by atoms with Gasteiger partial charge in [-0.2, -0.15) is 0 Å². The van der Waals surface area contributed by atoms with E-state index in [0.29, 0.717) is 6.07 Å². The van der Waals surface area contributed by atoms with E-state index < -0.39 is 52.4 Å². The first-order chi connectivity index (χ1) is 9.82. The molecule has 0 aromatic heterocycles. The highest BCUT2D eigenvalue weighted by Crippen LogP contribution is 2.24. The lowest BCUT2D eigenvalue weighted by Crippen LogP contribution is -2.11. The summed E-state index contributed by atoms with van der Waals surface area (Å²) in [5.41, 5.74) is -1.36. The Kier molecular flexibility index (Phi) is 4.41. The molecule has 7 heteroatoms. The highest BCUT2D eigenvalue weighted by Gasteiger charge is 2.22. The topological polar surface area (TPSA) is 17.1 Å². The maximum atomic E-state index is 13.7. The molecule has 0 fully saturated rings. The van der Waals surface area contributed by atoms with E-state index in [0.717, 1.165) is 18.2 Å². The Morgan fingerprint density at radius 1 is 0.857 bits per heavy atom. The predicted molar refractivity (Wildman–Crippen MR) is 68.4 cm³/mol. The molecule has 0 N–H and O–H groups in total. The molecule has 21 heavy (non-hydrogen) atoms. The number of carbonyl (C=O) groups is 1. The van der Waals surface area contributed by atoms with E-state index in [1.165, 1.54) is 0 Å². The van der Waals surface area contributed by atoms with Gasteiger partial charge in [0.05, 0.1) is 10.0 Å².